The quantitative estimate of drug-likeness (QED) is 0.795. The molecule has 0 radical (unpaired) electrons. The lowest BCUT2D eigenvalue weighted by Gasteiger charge is -2.10. The Balaban J connectivity index is 2.29. The minimum Gasteiger partial charge on any atom is -0.292 e. The zero-order chi connectivity index (χ0) is 13.3. The number of ketones is 1. The number of Topliss-reactive ketones (excluding diaryl/α,β-unsaturated/α-hetero) is 1. The lowest BCUT2D eigenvalue weighted by molar-refractivity contribution is 0.0966. The Kier molecular flexibility index (Phi) is 3.53. The first-order valence-corrected chi connectivity index (χ1v) is 6.14. The molecule has 0 atom stereocenters. The van der Waals surface area contributed by atoms with Crippen molar-refractivity contribution in [3.8, 4) is 0 Å². The van der Waals surface area contributed by atoms with Crippen molar-refractivity contribution in [3.05, 3.63) is 51.8 Å². The van der Waals surface area contributed by atoms with Crippen molar-refractivity contribution in [2.75, 3.05) is 0 Å². The van der Waals surface area contributed by atoms with Crippen LogP contribution >= 0.6 is 11.6 Å². The van der Waals surface area contributed by atoms with Crippen LogP contribution in [-0.4, -0.2) is 15.6 Å². The average Bonchev–Trinajstić information content (AvgIpc) is 2.62. The van der Waals surface area contributed by atoms with Crippen LogP contribution in [0.15, 0.2) is 24.5 Å². The van der Waals surface area contributed by atoms with Gasteiger partial charge in [0.25, 0.3) is 0 Å². The van der Waals surface area contributed by atoms with Gasteiger partial charge in [0.2, 0.25) is 0 Å². The second kappa shape index (κ2) is 4.94. The molecule has 0 fully saturated rings. The lowest BCUT2D eigenvalue weighted by atomic mass is 9.96. The number of aryl methyl sites for hydroxylation is 3. The van der Waals surface area contributed by atoms with Crippen LogP contribution < -0.4 is 0 Å². The molecule has 0 aliphatic carbocycles. The van der Waals surface area contributed by atoms with E-state index in [4.69, 9.17) is 11.6 Å². The van der Waals surface area contributed by atoms with Crippen LogP contribution in [0.3, 0.4) is 0 Å². The van der Waals surface area contributed by atoms with E-state index in [2.05, 4.69) is 5.10 Å². The van der Waals surface area contributed by atoms with E-state index in [1.54, 1.807) is 10.9 Å². The molecule has 0 amide bonds. The van der Waals surface area contributed by atoms with Gasteiger partial charge in [-0.2, -0.15) is 5.10 Å². The summed E-state index contributed by atoms with van der Waals surface area (Å²) >= 11 is 5.78. The number of benzene rings is 1. The molecule has 0 spiro atoms. The van der Waals surface area contributed by atoms with Crippen LogP contribution in [0, 0.1) is 20.8 Å². The van der Waals surface area contributed by atoms with Gasteiger partial charge in [0.1, 0.15) is 6.54 Å². The molecule has 0 saturated heterocycles. The van der Waals surface area contributed by atoms with E-state index in [-0.39, 0.29) is 12.3 Å². The van der Waals surface area contributed by atoms with Gasteiger partial charge < -0.3 is 0 Å². The average molecular weight is 263 g/mol. The van der Waals surface area contributed by atoms with Gasteiger partial charge in [-0.15, -0.1) is 0 Å². The van der Waals surface area contributed by atoms with Gasteiger partial charge in [0, 0.05) is 11.8 Å². The highest BCUT2D eigenvalue weighted by molar-refractivity contribution is 6.30. The molecule has 0 saturated carbocycles. The van der Waals surface area contributed by atoms with E-state index in [0.29, 0.717) is 5.02 Å². The topological polar surface area (TPSA) is 34.9 Å². The van der Waals surface area contributed by atoms with Gasteiger partial charge in [0.05, 0.1) is 11.2 Å². The van der Waals surface area contributed by atoms with Crippen molar-refractivity contribution in [3.63, 3.8) is 0 Å². The summed E-state index contributed by atoms with van der Waals surface area (Å²) in [5.41, 5.74) is 3.97. The normalized spacial score (nSPS) is 10.7. The van der Waals surface area contributed by atoms with Crippen molar-refractivity contribution in [2.45, 2.75) is 27.3 Å². The summed E-state index contributed by atoms with van der Waals surface area (Å²) in [5.74, 6) is 0.0600. The van der Waals surface area contributed by atoms with Gasteiger partial charge in [-0.05, 0) is 31.9 Å². The van der Waals surface area contributed by atoms with E-state index in [1.807, 2.05) is 32.9 Å². The summed E-state index contributed by atoms with van der Waals surface area (Å²) in [6.07, 6.45) is 3.18. The maximum absolute atomic E-state index is 12.3. The Morgan fingerprint density at radius 2 is 1.89 bits per heavy atom. The highest BCUT2D eigenvalue weighted by Gasteiger charge is 2.13. The van der Waals surface area contributed by atoms with Gasteiger partial charge >= 0.3 is 0 Å². The second-order valence-corrected chi connectivity index (χ2v) is 4.99. The van der Waals surface area contributed by atoms with E-state index >= 15 is 0 Å². The molecule has 0 unspecified atom stereocenters. The Labute approximate surface area is 111 Å². The van der Waals surface area contributed by atoms with Crippen molar-refractivity contribution < 1.29 is 4.79 Å². The smallest absolute Gasteiger partial charge is 0.184 e. The zero-order valence-corrected chi connectivity index (χ0v) is 11.5. The molecular weight excluding hydrogens is 248 g/mol. The Morgan fingerprint density at radius 1 is 1.28 bits per heavy atom. The lowest BCUT2D eigenvalue weighted by Crippen LogP contribution is -2.13. The summed E-state index contributed by atoms with van der Waals surface area (Å²) in [5, 5.41) is 4.56. The number of carbonyl (C=O) groups excluding carboxylic acids is 1. The number of hydrogen-bond acceptors (Lipinski definition) is 2. The van der Waals surface area contributed by atoms with E-state index in [1.165, 1.54) is 11.8 Å². The largest absolute Gasteiger partial charge is 0.292 e. The molecule has 94 valence electrons. The summed E-state index contributed by atoms with van der Waals surface area (Å²) < 4.78 is 1.56. The predicted molar refractivity (Wildman–Crippen MR) is 72.2 cm³/mol. The maximum Gasteiger partial charge on any atom is 0.184 e. The minimum absolute atomic E-state index is 0.0600. The zero-order valence-electron chi connectivity index (χ0n) is 10.7. The Hall–Kier alpha value is -1.61. The predicted octanol–water partition coefficient (Wildman–Crippen LogP) is 3.34. The molecule has 18 heavy (non-hydrogen) atoms. The van der Waals surface area contributed by atoms with Crippen LogP contribution in [0.1, 0.15) is 27.0 Å². The third-order valence-electron chi connectivity index (χ3n) is 2.86. The summed E-state index contributed by atoms with van der Waals surface area (Å²) in [6.45, 7) is 6.17. The molecule has 2 aromatic rings. The molecule has 0 N–H and O–H groups in total. The number of rotatable bonds is 3. The first kappa shape index (κ1) is 12.8. The number of nitrogens with zero attached hydrogens (tertiary/aromatic N) is 2. The third-order valence-corrected chi connectivity index (χ3v) is 3.06. The molecule has 0 aliphatic rings. The summed E-state index contributed by atoms with van der Waals surface area (Å²) in [4.78, 5) is 12.3. The summed E-state index contributed by atoms with van der Waals surface area (Å²) in [7, 11) is 0. The highest BCUT2D eigenvalue weighted by Crippen LogP contribution is 2.18. The van der Waals surface area contributed by atoms with E-state index < -0.39 is 0 Å². The van der Waals surface area contributed by atoms with Crippen molar-refractivity contribution >= 4 is 17.4 Å². The fourth-order valence-electron chi connectivity index (χ4n) is 2.27. The van der Waals surface area contributed by atoms with Crippen molar-refractivity contribution in [1.29, 1.82) is 0 Å². The third kappa shape index (κ3) is 2.62. The van der Waals surface area contributed by atoms with Crippen LogP contribution in [0.5, 0.6) is 0 Å². The molecule has 4 heteroatoms. The van der Waals surface area contributed by atoms with Gasteiger partial charge in [-0.1, -0.05) is 29.3 Å². The molecule has 2 rings (SSSR count). The SMILES string of the molecule is Cc1cc(C)c(C(=O)Cn2cc(Cl)cn2)c(C)c1. The molecule has 1 aromatic carbocycles. The fourth-order valence-corrected chi connectivity index (χ4v) is 2.43. The molecule has 0 aliphatic heterocycles. The van der Waals surface area contributed by atoms with Crippen LogP contribution in [0.25, 0.3) is 0 Å². The number of hydrogen-bond donors (Lipinski definition) is 0. The van der Waals surface area contributed by atoms with Crippen molar-refractivity contribution in [2.24, 2.45) is 0 Å². The monoisotopic (exact) mass is 262 g/mol. The second-order valence-electron chi connectivity index (χ2n) is 4.55. The maximum atomic E-state index is 12.3. The van der Waals surface area contributed by atoms with Crippen LogP contribution in [-0.2, 0) is 6.54 Å². The molecule has 1 aromatic heterocycles. The molecule has 1 heterocycles. The number of halogens is 1. The Bertz CT molecular complexity index is 579. The van der Waals surface area contributed by atoms with Gasteiger partial charge in [-0.25, -0.2) is 0 Å². The minimum atomic E-state index is 0.0600. The first-order chi connectivity index (χ1) is 8.47. The Morgan fingerprint density at radius 3 is 2.39 bits per heavy atom. The highest BCUT2D eigenvalue weighted by atomic mass is 35.5. The number of aromatic nitrogens is 2. The first-order valence-electron chi connectivity index (χ1n) is 5.76. The molecule has 0 bridgehead atoms. The van der Waals surface area contributed by atoms with E-state index in [9.17, 15) is 4.79 Å². The van der Waals surface area contributed by atoms with Crippen LogP contribution in [0.2, 0.25) is 5.02 Å². The van der Waals surface area contributed by atoms with Crippen molar-refractivity contribution in [1.82, 2.24) is 9.78 Å². The van der Waals surface area contributed by atoms with Gasteiger partial charge in [-0.3, -0.25) is 9.48 Å². The summed E-state index contributed by atoms with van der Waals surface area (Å²) in [6, 6.07) is 4.05. The van der Waals surface area contributed by atoms with Crippen LogP contribution in [0.4, 0.5) is 0 Å². The number of carbonyl (C=O) groups is 1. The molecular formula is C14H15ClN2O. The fraction of sp³-hybridized carbons (Fsp3) is 0.286. The molecule has 3 nitrogen and oxygen atoms in total. The standard InChI is InChI=1S/C14H15ClN2O/c1-9-4-10(2)14(11(3)5-9)13(18)8-17-7-12(15)6-16-17/h4-7H,8H2,1-3H3. The van der Waals surface area contributed by atoms with E-state index in [0.717, 1.165) is 16.7 Å². The van der Waals surface area contributed by atoms with Gasteiger partial charge in [0.15, 0.2) is 5.78 Å².